The number of sulfonamides is 1. The van der Waals surface area contributed by atoms with Crippen molar-refractivity contribution in [2.75, 3.05) is 4.72 Å². The van der Waals surface area contributed by atoms with Gasteiger partial charge in [-0.1, -0.05) is 11.6 Å². The van der Waals surface area contributed by atoms with Gasteiger partial charge in [0, 0.05) is 15.1 Å². The van der Waals surface area contributed by atoms with Crippen LogP contribution in [0.4, 0.5) is 5.69 Å². The van der Waals surface area contributed by atoms with Crippen LogP contribution in [0.5, 0.6) is 0 Å². The highest BCUT2D eigenvalue weighted by Gasteiger charge is 2.27. The number of benzene rings is 1. The van der Waals surface area contributed by atoms with Gasteiger partial charge in [0.25, 0.3) is 10.0 Å². The maximum Gasteiger partial charge on any atom is 0.265 e. The summed E-state index contributed by atoms with van der Waals surface area (Å²) in [6.07, 6.45) is 0. The van der Waals surface area contributed by atoms with Crippen LogP contribution >= 0.6 is 27.5 Å². The van der Waals surface area contributed by atoms with Crippen molar-refractivity contribution in [3.63, 3.8) is 0 Å². The summed E-state index contributed by atoms with van der Waals surface area (Å²) in [6.45, 7) is 2.73. The van der Waals surface area contributed by atoms with Gasteiger partial charge in [-0.05, 0) is 48.0 Å². The van der Waals surface area contributed by atoms with Crippen molar-refractivity contribution >= 4 is 43.2 Å². The van der Waals surface area contributed by atoms with Gasteiger partial charge in [-0.15, -0.1) is 0 Å². The van der Waals surface area contributed by atoms with Crippen molar-refractivity contribution < 1.29 is 17.9 Å². The van der Waals surface area contributed by atoms with Crippen LogP contribution in [0.15, 0.2) is 32.0 Å². The van der Waals surface area contributed by atoms with Crippen LogP contribution in [-0.2, 0) is 16.6 Å². The van der Waals surface area contributed by atoms with Gasteiger partial charge in [0.1, 0.15) is 16.4 Å². The second-order valence-electron chi connectivity index (χ2n) is 4.41. The van der Waals surface area contributed by atoms with Crippen molar-refractivity contribution in [2.24, 2.45) is 0 Å². The molecule has 114 valence electrons. The van der Waals surface area contributed by atoms with Crippen LogP contribution < -0.4 is 4.72 Å². The molecule has 1 heterocycles. The van der Waals surface area contributed by atoms with E-state index in [0.29, 0.717) is 20.9 Å². The van der Waals surface area contributed by atoms with Crippen LogP contribution in [0.3, 0.4) is 0 Å². The molecular formula is C13H13BrClNO4S. The maximum atomic E-state index is 12.5. The minimum absolute atomic E-state index is 0.0376. The third kappa shape index (κ3) is 3.26. The molecule has 8 heteroatoms. The Balaban J connectivity index is 2.48. The molecule has 0 amide bonds. The molecular weight excluding hydrogens is 382 g/mol. The normalized spacial score (nSPS) is 11.7. The molecule has 0 atom stereocenters. The molecule has 2 rings (SSSR count). The first-order valence-electron chi connectivity index (χ1n) is 5.94. The van der Waals surface area contributed by atoms with E-state index in [1.807, 2.05) is 0 Å². The minimum Gasteiger partial charge on any atom is -0.465 e. The van der Waals surface area contributed by atoms with E-state index in [0.717, 1.165) is 0 Å². The highest BCUT2D eigenvalue weighted by atomic mass is 79.9. The molecule has 0 aliphatic carbocycles. The first kappa shape index (κ1) is 16.4. The fourth-order valence-electron chi connectivity index (χ4n) is 2.01. The quantitative estimate of drug-likeness (QED) is 0.830. The van der Waals surface area contributed by atoms with E-state index >= 15 is 0 Å². The van der Waals surface area contributed by atoms with Gasteiger partial charge in [0.2, 0.25) is 0 Å². The minimum atomic E-state index is -3.88. The molecule has 0 radical (unpaired) electrons. The zero-order valence-corrected chi connectivity index (χ0v) is 14.4. The number of aliphatic hydroxyl groups is 1. The largest absolute Gasteiger partial charge is 0.465 e. The van der Waals surface area contributed by atoms with E-state index in [-0.39, 0.29) is 16.2 Å². The smallest absolute Gasteiger partial charge is 0.265 e. The summed E-state index contributed by atoms with van der Waals surface area (Å²) in [6, 6.07) is 4.70. The van der Waals surface area contributed by atoms with E-state index in [1.54, 1.807) is 25.1 Å². The molecule has 1 aromatic heterocycles. The van der Waals surface area contributed by atoms with Gasteiger partial charge >= 0.3 is 0 Å². The topological polar surface area (TPSA) is 79.5 Å². The molecule has 0 spiro atoms. The van der Waals surface area contributed by atoms with E-state index in [1.165, 1.54) is 6.92 Å². The lowest BCUT2D eigenvalue weighted by Crippen LogP contribution is -2.15. The Morgan fingerprint density at radius 1 is 1.33 bits per heavy atom. The molecule has 0 fully saturated rings. The van der Waals surface area contributed by atoms with E-state index in [2.05, 4.69) is 20.7 Å². The molecule has 2 N–H and O–H groups in total. The molecule has 0 saturated heterocycles. The summed E-state index contributed by atoms with van der Waals surface area (Å²) in [5.41, 5.74) is 0.603. The molecule has 21 heavy (non-hydrogen) atoms. The molecule has 0 bridgehead atoms. The second-order valence-corrected chi connectivity index (χ2v) is 7.32. The van der Waals surface area contributed by atoms with Crippen LogP contribution in [0.2, 0.25) is 5.02 Å². The lowest BCUT2D eigenvalue weighted by atomic mass is 10.2. The highest BCUT2D eigenvalue weighted by Crippen LogP contribution is 2.31. The molecule has 5 nitrogen and oxygen atoms in total. The van der Waals surface area contributed by atoms with Crippen molar-refractivity contribution in [1.29, 1.82) is 0 Å². The van der Waals surface area contributed by atoms with Crippen molar-refractivity contribution in [3.8, 4) is 0 Å². The average molecular weight is 395 g/mol. The van der Waals surface area contributed by atoms with Crippen LogP contribution in [0, 0.1) is 13.8 Å². The number of hydrogen-bond donors (Lipinski definition) is 2. The van der Waals surface area contributed by atoms with E-state index < -0.39 is 16.6 Å². The van der Waals surface area contributed by atoms with Crippen LogP contribution in [0.25, 0.3) is 0 Å². The molecule has 2 aromatic rings. The fourth-order valence-corrected chi connectivity index (χ4v) is 4.45. The Morgan fingerprint density at radius 3 is 2.57 bits per heavy atom. The summed E-state index contributed by atoms with van der Waals surface area (Å²) >= 11 is 9.07. The Hall–Kier alpha value is -1.02. The monoisotopic (exact) mass is 393 g/mol. The van der Waals surface area contributed by atoms with Gasteiger partial charge < -0.3 is 9.52 Å². The van der Waals surface area contributed by atoms with Crippen molar-refractivity contribution in [2.45, 2.75) is 25.3 Å². The van der Waals surface area contributed by atoms with Gasteiger partial charge in [0.15, 0.2) is 0 Å². The number of rotatable bonds is 4. The Kier molecular flexibility index (Phi) is 4.67. The predicted octanol–water partition coefficient (Wildman–Crippen LogP) is 3.61. The van der Waals surface area contributed by atoms with Gasteiger partial charge in [-0.25, -0.2) is 8.42 Å². The third-order valence-corrected chi connectivity index (χ3v) is 5.38. The number of aliphatic hydroxyl groups excluding tert-OH is 1. The standard InChI is InChI=1S/C13H13BrClNO4S/c1-7-10(6-17)13(8(2)20-7)21(18,19)16-12-4-3-9(15)5-11(12)14/h3-5,16-17H,6H2,1-2H3. The zero-order chi connectivity index (χ0) is 15.8. The van der Waals surface area contributed by atoms with Gasteiger partial charge in [-0.2, -0.15) is 0 Å². The summed E-state index contributed by atoms with van der Waals surface area (Å²) in [5, 5.41) is 9.84. The second kappa shape index (κ2) is 6.00. The number of nitrogens with one attached hydrogen (secondary N) is 1. The Bertz CT molecular complexity index is 786. The Morgan fingerprint density at radius 2 is 2.00 bits per heavy atom. The zero-order valence-electron chi connectivity index (χ0n) is 11.3. The first-order chi connectivity index (χ1) is 9.76. The summed E-state index contributed by atoms with van der Waals surface area (Å²) in [7, 11) is -3.88. The molecule has 0 saturated carbocycles. The van der Waals surface area contributed by atoms with Crippen LogP contribution in [-0.4, -0.2) is 13.5 Å². The number of anilines is 1. The molecule has 0 aliphatic heterocycles. The van der Waals surface area contributed by atoms with Gasteiger partial charge in [0.05, 0.1) is 12.3 Å². The maximum absolute atomic E-state index is 12.5. The average Bonchev–Trinajstić information content (AvgIpc) is 2.67. The number of aryl methyl sites for hydroxylation is 2. The summed E-state index contributed by atoms with van der Waals surface area (Å²) < 4.78 is 33.3. The van der Waals surface area contributed by atoms with Crippen LogP contribution in [0.1, 0.15) is 17.1 Å². The third-order valence-electron chi connectivity index (χ3n) is 2.93. The van der Waals surface area contributed by atoms with Crippen molar-refractivity contribution in [1.82, 2.24) is 0 Å². The SMILES string of the molecule is Cc1oc(C)c(S(=O)(=O)Nc2ccc(Cl)cc2Br)c1CO. The number of hydrogen-bond acceptors (Lipinski definition) is 4. The van der Waals surface area contributed by atoms with Crippen molar-refractivity contribution in [3.05, 3.63) is 44.8 Å². The molecule has 1 aromatic carbocycles. The highest BCUT2D eigenvalue weighted by molar-refractivity contribution is 9.10. The number of halogens is 2. The first-order valence-corrected chi connectivity index (χ1v) is 8.59. The lowest BCUT2D eigenvalue weighted by molar-refractivity contribution is 0.276. The Labute approximate surface area is 136 Å². The lowest BCUT2D eigenvalue weighted by Gasteiger charge is -2.10. The fraction of sp³-hybridized carbons (Fsp3) is 0.231. The molecule has 0 unspecified atom stereocenters. The van der Waals surface area contributed by atoms with Gasteiger partial charge in [-0.3, -0.25) is 4.72 Å². The van der Waals surface area contributed by atoms with E-state index in [4.69, 9.17) is 16.0 Å². The molecule has 0 aliphatic rings. The van der Waals surface area contributed by atoms with E-state index in [9.17, 15) is 13.5 Å². The predicted molar refractivity (Wildman–Crippen MR) is 84.1 cm³/mol. The summed E-state index contributed by atoms with van der Waals surface area (Å²) in [4.78, 5) is -0.0376. The number of furan rings is 1. The summed E-state index contributed by atoms with van der Waals surface area (Å²) in [5.74, 6) is 0.611.